The van der Waals surface area contributed by atoms with Gasteiger partial charge in [0.1, 0.15) is 0 Å². The topological polar surface area (TPSA) is 59.8 Å². The van der Waals surface area contributed by atoms with Crippen molar-refractivity contribution in [3.63, 3.8) is 0 Å². The van der Waals surface area contributed by atoms with Crippen LogP contribution >= 0.6 is 0 Å². The third kappa shape index (κ3) is 4.64. The Labute approximate surface area is 140 Å². The second-order valence-electron chi connectivity index (χ2n) is 5.37. The molecule has 2 aromatic heterocycles. The van der Waals surface area contributed by atoms with E-state index in [0.29, 0.717) is 6.54 Å². The first-order chi connectivity index (χ1) is 11.8. The van der Waals surface area contributed by atoms with Crippen LogP contribution in [-0.2, 0) is 17.9 Å². The number of amides is 1. The smallest absolute Gasteiger partial charge is 0.244 e. The zero-order chi connectivity index (χ0) is 16.6. The van der Waals surface area contributed by atoms with Crippen molar-refractivity contribution in [2.45, 2.75) is 13.1 Å². The Morgan fingerprint density at radius 3 is 2.75 bits per heavy atom. The van der Waals surface area contributed by atoms with Gasteiger partial charge in [-0.1, -0.05) is 36.4 Å². The zero-order valence-electron chi connectivity index (χ0n) is 13.2. The van der Waals surface area contributed by atoms with Gasteiger partial charge in [0.25, 0.3) is 0 Å². The first kappa shape index (κ1) is 15.7. The molecule has 1 aromatic carbocycles. The number of hydrogen-bond donors (Lipinski definition) is 1. The number of carbonyl (C=O) groups is 1. The molecular formula is C19H18N4O. The summed E-state index contributed by atoms with van der Waals surface area (Å²) in [5.74, 6) is -0.144. The molecule has 24 heavy (non-hydrogen) atoms. The van der Waals surface area contributed by atoms with E-state index < -0.39 is 0 Å². The molecule has 0 fully saturated rings. The number of benzene rings is 1. The van der Waals surface area contributed by atoms with Crippen molar-refractivity contribution >= 4 is 12.0 Å². The molecule has 0 saturated heterocycles. The molecule has 0 radical (unpaired) electrons. The molecule has 0 unspecified atom stereocenters. The minimum Gasteiger partial charge on any atom is -0.348 e. The molecule has 3 aromatic rings. The van der Waals surface area contributed by atoms with Gasteiger partial charge in [0.2, 0.25) is 5.91 Å². The van der Waals surface area contributed by atoms with Crippen LogP contribution in [0.1, 0.15) is 16.7 Å². The van der Waals surface area contributed by atoms with Crippen LogP contribution in [0.5, 0.6) is 0 Å². The fourth-order valence-corrected chi connectivity index (χ4v) is 2.25. The molecule has 1 N–H and O–H groups in total. The van der Waals surface area contributed by atoms with E-state index in [1.165, 1.54) is 11.6 Å². The molecule has 0 atom stereocenters. The van der Waals surface area contributed by atoms with E-state index in [9.17, 15) is 4.79 Å². The van der Waals surface area contributed by atoms with Gasteiger partial charge in [0, 0.05) is 36.8 Å². The maximum Gasteiger partial charge on any atom is 0.244 e. The molecule has 0 spiro atoms. The normalized spacial score (nSPS) is 10.8. The summed E-state index contributed by atoms with van der Waals surface area (Å²) in [5.41, 5.74) is 3.05. The predicted octanol–water partition coefficient (Wildman–Crippen LogP) is 2.66. The van der Waals surface area contributed by atoms with E-state index in [2.05, 4.69) is 27.5 Å². The van der Waals surface area contributed by atoms with E-state index in [1.807, 2.05) is 41.2 Å². The highest BCUT2D eigenvalue weighted by molar-refractivity contribution is 5.91. The second kappa shape index (κ2) is 7.87. The van der Waals surface area contributed by atoms with Crippen molar-refractivity contribution in [2.75, 3.05) is 0 Å². The van der Waals surface area contributed by atoms with Crippen LogP contribution < -0.4 is 5.32 Å². The van der Waals surface area contributed by atoms with Crippen LogP contribution in [0.2, 0.25) is 0 Å². The van der Waals surface area contributed by atoms with Gasteiger partial charge in [-0.15, -0.1) is 0 Å². The number of rotatable bonds is 6. The summed E-state index contributed by atoms with van der Waals surface area (Å²) in [6, 6.07) is 13.9. The second-order valence-corrected chi connectivity index (χ2v) is 5.37. The Balaban J connectivity index is 1.50. The highest BCUT2D eigenvalue weighted by Gasteiger charge is 2.01. The Morgan fingerprint density at radius 2 is 1.96 bits per heavy atom. The molecule has 3 rings (SSSR count). The third-order valence-corrected chi connectivity index (χ3v) is 3.45. The predicted molar refractivity (Wildman–Crippen MR) is 92.9 cm³/mol. The van der Waals surface area contributed by atoms with Crippen LogP contribution in [0.25, 0.3) is 6.08 Å². The average Bonchev–Trinajstić information content (AvgIpc) is 3.07. The quantitative estimate of drug-likeness (QED) is 0.711. The molecule has 0 aliphatic rings. The molecular weight excluding hydrogens is 300 g/mol. The van der Waals surface area contributed by atoms with E-state index in [0.717, 1.165) is 17.7 Å². The van der Waals surface area contributed by atoms with Crippen molar-refractivity contribution in [3.8, 4) is 0 Å². The maximum atomic E-state index is 11.8. The molecule has 5 heteroatoms. The average molecular weight is 318 g/mol. The van der Waals surface area contributed by atoms with Gasteiger partial charge in [0.15, 0.2) is 0 Å². The van der Waals surface area contributed by atoms with Crippen molar-refractivity contribution < 1.29 is 4.79 Å². The van der Waals surface area contributed by atoms with Crippen LogP contribution in [0.3, 0.4) is 0 Å². The first-order valence-corrected chi connectivity index (χ1v) is 7.71. The summed E-state index contributed by atoms with van der Waals surface area (Å²) >= 11 is 0. The minimum atomic E-state index is -0.144. The summed E-state index contributed by atoms with van der Waals surface area (Å²) in [7, 11) is 0. The lowest BCUT2D eigenvalue weighted by Gasteiger charge is -2.01. The van der Waals surface area contributed by atoms with Crippen LogP contribution in [0, 0.1) is 0 Å². The van der Waals surface area contributed by atoms with E-state index in [-0.39, 0.29) is 5.91 Å². The van der Waals surface area contributed by atoms with Gasteiger partial charge >= 0.3 is 0 Å². The van der Waals surface area contributed by atoms with Gasteiger partial charge in [-0.2, -0.15) is 5.10 Å². The number of hydrogen-bond acceptors (Lipinski definition) is 3. The Hall–Kier alpha value is -3.21. The summed E-state index contributed by atoms with van der Waals surface area (Å²) in [5, 5.41) is 7.17. The molecule has 120 valence electrons. The monoisotopic (exact) mass is 318 g/mol. The lowest BCUT2D eigenvalue weighted by atomic mass is 10.2. The van der Waals surface area contributed by atoms with Crippen molar-refractivity contribution in [1.29, 1.82) is 0 Å². The van der Waals surface area contributed by atoms with Gasteiger partial charge in [-0.05, 0) is 23.3 Å². The maximum absolute atomic E-state index is 11.8. The highest BCUT2D eigenvalue weighted by Crippen LogP contribution is 2.04. The number of aromatic nitrogens is 3. The van der Waals surface area contributed by atoms with E-state index in [4.69, 9.17) is 0 Å². The van der Waals surface area contributed by atoms with Crippen LogP contribution in [0.15, 0.2) is 73.3 Å². The van der Waals surface area contributed by atoms with Crippen molar-refractivity contribution in [1.82, 2.24) is 20.1 Å². The van der Waals surface area contributed by atoms with Crippen molar-refractivity contribution in [3.05, 3.63) is 90.0 Å². The Bertz CT molecular complexity index is 810. The molecule has 0 aliphatic heterocycles. The molecule has 2 heterocycles. The van der Waals surface area contributed by atoms with Crippen LogP contribution in [-0.4, -0.2) is 20.7 Å². The molecule has 1 amide bonds. The summed E-state index contributed by atoms with van der Waals surface area (Å²) in [6.45, 7) is 1.17. The largest absolute Gasteiger partial charge is 0.348 e. The van der Waals surface area contributed by atoms with Crippen molar-refractivity contribution in [2.24, 2.45) is 0 Å². The SMILES string of the molecule is O=C(C=Cc1cccnc1)NCc1cnn(Cc2ccccc2)c1. The number of nitrogens with one attached hydrogen (secondary N) is 1. The lowest BCUT2D eigenvalue weighted by molar-refractivity contribution is -0.116. The fraction of sp³-hybridized carbons (Fsp3) is 0.105. The lowest BCUT2D eigenvalue weighted by Crippen LogP contribution is -2.19. The number of nitrogens with zero attached hydrogens (tertiary/aromatic N) is 3. The fourth-order valence-electron chi connectivity index (χ4n) is 2.25. The zero-order valence-corrected chi connectivity index (χ0v) is 13.2. The van der Waals surface area contributed by atoms with Gasteiger partial charge in [-0.25, -0.2) is 0 Å². The number of pyridine rings is 1. The van der Waals surface area contributed by atoms with Gasteiger partial charge in [-0.3, -0.25) is 14.5 Å². The molecule has 0 aliphatic carbocycles. The minimum absolute atomic E-state index is 0.144. The first-order valence-electron chi connectivity index (χ1n) is 7.71. The van der Waals surface area contributed by atoms with E-state index >= 15 is 0 Å². The molecule has 0 bridgehead atoms. The molecule has 5 nitrogen and oxygen atoms in total. The summed E-state index contributed by atoms with van der Waals surface area (Å²) < 4.78 is 1.86. The summed E-state index contributed by atoms with van der Waals surface area (Å²) in [6.07, 6.45) is 10.4. The molecule has 0 saturated carbocycles. The van der Waals surface area contributed by atoms with Gasteiger partial charge in [0.05, 0.1) is 12.7 Å². The summed E-state index contributed by atoms with van der Waals surface area (Å²) in [4.78, 5) is 15.8. The van der Waals surface area contributed by atoms with Crippen LogP contribution in [0.4, 0.5) is 0 Å². The highest BCUT2D eigenvalue weighted by atomic mass is 16.1. The third-order valence-electron chi connectivity index (χ3n) is 3.45. The number of carbonyl (C=O) groups excluding carboxylic acids is 1. The Kier molecular flexibility index (Phi) is 5.14. The van der Waals surface area contributed by atoms with E-state index in [1.54, 1.807) is 24.7 Å². The van der Waals surface area contributed by atoms with Gasteiger partial charge < -0.3 is 5.32 Å². The standard InChI is InChI=1S/C19H18N4O/c24-19(9-8-16-7-4-10-20-11-16)21-12-18-13-22-23(15-18)14-17-5-2-1-3-6-17/h1-11,13,15H,12,14H2,(H,21,24). The Morgan fingerprint density at radius 1 is 1.08 bits per heavy atom.